The Bertz CT molecular complexity index is 906. The predicted molar refractivity (Wildman–Crippen MR) is 114 cm³/mol. The van der Waals surface area contributed by atoms with Crippen molar-refractivity contribution < 1.29 is 14.2 Å². The average molecular weight is 377 g/mol. The Balaban J connectivity index is 1.76. The number of hydrogen-bond donors (Lipinski definition) is 0. The summed E-state index contributed by atoms with van der Waals surface area (Å²) in [4.78, 5) is 4.81. The molecule has 0 saturated heterocycles. The van der Waals surface area contributed by atoms with Gasteiger partial charge in [-0.15, -0.1) is 0 Å². The molecule has 0 unspecified atom stereocenters. The molecule has 0 amide bonds. The van der Waals surface area contributed by atoms with E-state index < -0.39 is 0 Å². The molecule has 0 atom stereocenters. The number of fused-ring (bicyclic) bond motifs is 1. The van der Waals surface area contributed by atoms with Crippen molar-refractivity contribution in [1.29, 1.82) is 0 Å². The van der Waals surface area contributed by atoms with Crippen molar-refractivity contribution in [2.24, 2.45) is 0 Å². The summed E-state index contributed by atoms with van der Waals surface area (Å²) < 4.78 is 16.7. The Morgan fingerprint density at radius 3 is 2.54 bits per heavy atom. The highest BCUT2D eigenvalue weighted by molar-refractivity contribution is 5.88. The fraction of sp³-hybridized carbons (Fsp3) is 0.292. The Morgan fingerprint density at radius 2 is 1.71 bits per heavy atom. The van der Waals surface area contributed by atoms with Gasteiger partial charge in [0.25, 0.3) is 0 Å². The van der Waals surface area contributed by atoms with Crippen molar-refractivity contribution in [1.82, 2.24) is 4.98 Å². The van der Waals surface area contributed by atoms with Crippen LogP contribution in [-0.2, 0) is 16.1 Å². The van der Waals surface area contributed by atoms with Gasteiger partial charge in [-0.25, -0.2) is 4.98 Å². The molecule has 0 aliphatic carbocycles. The average Bonchev–Trinajstić information content (AvgIpc) is 2.73. The molecule has 3 rings (SSSR count). The van der Waals surface area contributed by atoms with Crippen LogP contribution in [0.5, 0.6) is 5.75 Å². The van der Waals surface area contributed by atoms with Gasteiger partial charge in [0.2, 0.25) is 0 Å². The van der Waals surface area contributed by atoms with E-state index in [4.69, 9.17) is 19.2 Å². The summed E-state index contributed by atoms with van der Waals surface area (Å²) in [5.74, 6) is 0.894. The SMILES string of the molecule is COCCOCC/C=C/c1nc2ccccc2c(OCc2ccccc2)c1C. The van der Waals surface area contributed by atoms with Crippen LogP contribution in [-0.4, -0.2) is 31.9 Å². The van der Waals surface area contributed by atoms with Crippen LogP contribution in [0, 0.1) is 6.92 Å². The van der Waals surface area contributed by atoms with Crippen LogP contribution < -0.4 is 4.74 Å². The Morgan fingerprint density at radius 1 is 0.929 bits per heavy atom. The van der Waals surface area contributed by atoms with E-state index in [0.717, 1.165) is 39.9 Å². The number of methoxy groups -OCH3 is 1. The van der Waals surface area contributed by atoms with Gasteiger partial charge in [0.15, 0.2) is 0 Å². The quantitative estimate of drug-likeness (QED) is 0.456. The summed E-state index contributed by atoms with van der Waals surface area (Å²) in [6.45, 7) is 4.51. The zero-order chi connectivity index (χ0) is 19.6. The van der Waals surface area contributed by atoms with Crippen molar-refractivity contribution in [3.63, 3.8) is 0 Å². The van der Waals surface area contributed by atoms with Gasteiger partial charge in [-0.2, -0.15) is 0 Å². The lowest BCUT2D eigenvalue weighted by molar-refractivity contribution is 0.0731. The fourth-order valence-corrected chi connectivity index (χ4v) is 2.96. The largest absolute Gasteiger partial charge is 0.488 e. The molecule has 0 saturated carbocycles. The molecule has 2 aromatic carbocycles. The van der Waals surface area contributed by atoms with E-state index in [1.54, 1.807) is 7.11 Å². The molecular weight excluding hydrogens is 350 g/mol. The van der Waals surface area contributed by atoms with Crippen molar-refractivity contribution in [3.05, 3.63) is 77.5 Å². The first kappa shape index (κ1) is 20.1. The van der Waals surface area contributed by atoms with E-state index in [1.165, 1.54) is 0 Å². The van der Waals surface area contributed by atoms with Gasteiger partial charge in [0.1, 0.15) is 12.4 Å². The molecule has 28 heavy (non-hydrogen) atoms. The van der Waals surface area contributed by atoms with Crippen LogP contribution in [0.3, 0.4) is 0 Å². The summed E-state index contributed by atoms with van der Waals surface area (Å²) in [7, 11) is 1.68. The molecule has 0 spiro atoms. The molecule has 0 radical (unpaired) electrons. The monoisotopic (exact) mass is 377 g/mol. The minimum atomic E-state index is 0.534. The minimum absolute atomic E-state index is 0.534. The lowest BCUT2D eigenvalue weighted by Crippen LogP contribution is -2.02. The summed E-state index contributed by atoms with van der Waals surface area (Å²) in [6, 6.07) is 18.3. The van der Waals surface area contributed by atoms with Gasteiger partial charge in [-0.1, -0.05) is 48.5 Å². The first-order valence-electron chi connectivity index (χ1n) is 9.59. The van der Waals surface area contributed by atoms with Crippen molar-refractivity contribution in [2.75, 3.05) is 26.9 Å². The summed E-state index contributed by atoms with van der Waals surface area (Å²) in [5.41, 5.74) is 4.06. The molecule has 146 valence electrons. The number of para-hydroxylation sites is 1. The van der Waals surface area contributed by atoms with Crippen molar-refractivity contribution in [2.45, 2.75) is 20.0 Å². The van der Waals surface area contributed by atoms with Crippen LogP contribution in [0.4, 0.5) is 0 Å². The maximum absolute atomic E-state index is 6.24. The fourth-order valence-electron chi connectivity index (χ4n) is 2.96. The van der Waals surface area contributed by atoms with Gasteiger partial charge < -0.3 is 14.2 Å². The Labute approximate surface area is 166 Å². The van der Waals surface area contributed by atoms with Gasteiger partial charge in [-0.3, -0.25) is 0 Å². The highest BCUT2D eigenvalue weighted by atomic mass is 16.5. The van der Waals surface area contributed by atoms with Crippen LogP contribution >= 0.6 is 0 Å². The van der Waals surface area contributed by atoms with Gasteiger partial charge in [0.05, 0.1) is 31.0 Å². The van der Waals surface area contributed by atoms with E-state index in [9.17, 15) is 0 Å². The highest BCUT2D eigenvalue weighted by Crippen LogP contribution is 2.31. The molecule has 3 aromatic rings. The number of pyridine rings is 1. The standard InChI is InChI=1S/C24H27NO3/c1-19-22(13-8-9-15-27-17-16-26-2)25-23-14-7-6-12-21(23)24(19)28-18-20-10-4-3-5-11-20/h3-8,10-14H,9,15-18H2,1-2H3/b13-8+. The van der Waals surface area contributed by atoms with Crippen LogP contribution in [0.25, 0.3) is 17.0 Å². The molecule has 0 aliphatic heterocycles. The van der Waals surface area contributed by atoms with E-state index in [0.29, 0.717) is 26.4 Å². The lowest BCUT2D eigenvalue weighted by atomic mass is 10.1. The zero-order valence-electron chi connectivity index (χ0n) is 16.6. The smallest absolute Gasteiger partial charge is 0.134 e. The maximum Gasteiger partial charge on any atom is 0.134 e. The van der Waals surface area contributed by atoms with Crippen LogP contribution in [0.2, 0.25) is 0 Å². The second-order valence-corrected chi connectivity index (χ2v) is 6.54. The Hall–Kier alpha value is -2.69. The number of hydrogen-bond acceptors (Lipinski definition) is 4. The van der Waals surface area contributed by atoms with E-state index >= 15 is 0 Å². The van der Waals surface area contributed by atoms with Crippen molar-refractivity contribution in [3.8, 4) is 5.75 Å². The summed E-state index contributed by atoms with van der Waals surface area (Å²) >= 11 is 0. The lowest BCUT2D eigenvalue weighted by Gasteiger charge is -2.14. The molecule has 4 nitrogen and oxygen atoms in total. The molecule has 0 N–H and O–H groups in total. The van der Waals surface area contributed by atoms with Crippen molar-refractivity contribution >= 4 is 17.0 Å². The maximum atomic E-state index is 6.24. The topological polar surface area (TPSA) is 40.6 Å². The second kappa shape index (κ2) is 10.6. The van der Waals surface area contributed by atoms with E-state index in [-0.39, 0.29) is 0 Å². The van der Waals surface area contributed by atoms with Gasteiger partial charge in [0, 0.05) is 18.1 Å². The molecule has 0 aliphatic rings. The molecule has 1 aromatic heterocycles. The molecule has 0 fully saturated rings. The molecule has 0 bridgehead atoms. The predicted octanol–water partition coefficient (Wildman–Crippen LogP) is 5.19. The number of benzene rings is 2. The normalized spacial score (nSPS) is 11.4. The molecule has 4 heteroatoms. The number of ether oxygens (including phenoxy) is 3. The number of nitrogens with zero attached hydrogens (tertiary/aromatic N) is 1. The first-order chi connectivity index (χ1) is 13.8. The third kappa shape index (κ3) is 5.41. The highest BCUT2D eigenvalue weighted by Gasteiger charge is 2.11. The van der Waals surface area contributed by atoms with Gasteiger partial charge in [-0.05, 0) is 37.1 Å². The molecule has 1 heterocycles. The number of rotatable bonds is 10. The summed E-state index contributed by atoms with van der Waals surface area (Å²) in [6.07, 6.45) is 4.98. The minimum Gasteiger partial charge on any atom is -0.488 e. The van der Waals surface area contributed by atoms with Gasteiger partial charge >= 0.3 is 0 Å². The van der Waals surface area contributed by atoms with Crippen LogP contribution in [0.15, 0.2) is 60.7 Å². The Kier molecular flexibility index (Phi) is 7.59. The second-order valence-electron chi connectivity index (χ2n) is 6.54. The third-order valence-electron chi connectivity index (χ3n) is 4.48. The van der Waals surface area contributed by atoms with Crippen LogP contribution in [0.1, 0.15) is 23.2 Å². The number of aromatic nitrogens is 1. The molecular formula is C24H27NO3. The van der Waals surface area contributed by atoms with E-state index in [1.807, 2.05) is 36.4 Å². The first-order valence-corrected chi connectivity index (χ1v) is 9.59. The third-order valence-corrected chi connectivity index (χ3v) is 4.48. The zero-order valence-corrected chi connectivity index (χ0v) is 16.6. The van der Waals surface area contributed by atoms with E-state index in [2.05, 4.69) is 37.3 Å². The summed E-state index contributed by atoms with van der Waals surface area (Å²) in [5, 5.41) is 1.04.